The van der Waals surface area contributed by atoms with Crippen LogP contribution in [0.3, 0.4) is 0 Å². The van der Waals surface area contributed by atoms with Gasteiger partial charge in [0.15, 0.2) is 0 Å². The molecule has 0 aliphatic carbocycles. The molecule has 7 heteroatoms. The number of carbonyl (C=O) groups excluding carboxylic acids is 1. The number of rotatable bonds is 6. The van der Waals surface area contributed by atoms with Crippen LogP contribution < -0.4 is 0 Å². The van der Waals surface area contributed by atoms with Gasteiger partial charge in [-0.05, 0) is 24.0 Å². The Hall–Kier alpha value is -1.63. The molecular formula is C16H17F4NO2. The molecule has 0 saturated carbocycles. The summed E-state index contributed by atoms with van der Waals surface area (Å²) in [6.45, 7) is -1.65. The number of halogens is 4. The Morgan fingerprint density at radius 2 is 1.78 bits per heavy atom. The highest BCUT2D eigenvalue weighted by molar-refractivity contribution is 5.79. The molecule has 0 spiro atoms. The highest BCUT2D eigenvalue weighted by Gasteiger charge is 2.46. The quantitative estimate of drug-likeness (QED) is 0.587. The molecule has 0 N–H and O–H groups in total. The molecule has 1 saturated heterocycles. The number of hydrogen-bond donors (Lipinski definition) is 0. The molecule has 1 aromatic rings. The van der Waals surface area contributed by atoms with Crippen molar-refractivity contribution in [3.63, 3.8) is 0 Å². The number of hydrogen-bond acceptors (Lipinski definition) is 2. The van der Waals surface area contributed by atoms with Crippen molar-refractivity contribution in [2.75, 3.05) is 13.2 Å². The molecule has 2 aliphatic heterocycles. The van der Waals surface area contributed by atoms with E-state index < -0.39 is 19.0 Å². The van der Waals surface area contributed by atoms with Crippen LogP contribution in [0.1, 0.15) is 42.5 Å². The maximum atomic E-state index is 12.7. The normalized spacial score (nSPS) is 22.7. The lowest BCUT2D eigenvalue weighted by Gasteiger charge is -2.23. The van der Waals surface area contributed by atoms with E-state index in [-0.39, 0.29) is 31.0 Å². The summed E-state index contributed by atoms with van der Waals surface area (Å²) < 4.78 is 54.0. The van der Waals surface area contributed by atoms with E-state index in [1.165, 1.54) is 0 Å². The van der Waals surface area contributed by atoms with E-state index in [2.05, 4.69) is 4.74 Å². The minimum atomic E-state index is -4.17. The summed E-state index contributed by atoms with van der Waals surface area (Å²) in [4.78, 5) is 14.1. The van der Waals surface area contributed by atoms with Crippen LogP contribution >= 0.6 is 0 Å². The Morgan fingerprint density at radius 3 is 2.30 bits per heavy atom. The van der Waals surface area contributed by atoms with Crippen molar-refractivity contribution < 1.29 is 27.1 Å². The third kappa shape index (κ3) is 2.94. The first-order valence-electron chi connectivity index (χ1n) is 7.55. The predicted molar refractivity (Wildman–Crippen MR) is 74.4 cm³/mol. The van der Waals surface area contributed by atoms with Gasteiger partial charge < -0.3 is 9.64 Å². The third-order valence-corrected chi connectivity index (χ3v) is 4.46. The minimum absolute atomic E-state index is 0.0335. The van der Waals surface area contributed by atoms with Crippen molar-refractivity contribution in [2.45, 2.75) is 43.7 Å². The van der Waals surface area contributed by atoms with E-state index in [1.54, 1.807) is 4.90 Å². The van der Waals surface area contributed by atoms with Gasteiger partial charge in [-0.15, -0.1) is 0 Å². The molecule has 3 nitrogen and oxygen atoms in total. The lowest BCUT2D eigenvalue weighted by molar-refractivity contribution is -0.167. The van der Waals surface area contributed by atoms with E-state index in [0.29, 0.717) is 0 Å². The minimum Gasteiger partial charge on any atom is -0.374 e. The molecule has 2 heterocycles. The van der Waals surface area contributed by atoms with Gasteiger partial charge >= 0.3 is 12.3 Å². The van der Waals surface area contributed by atoms with Crippen molar-refractivity contribution in [1.29, 1.82) is 0 Å². The zero-order chi connectivity index (χ0) is 16.6. The van der Waals surface area contributed by atoms with Crippen molar-refractivity contribution in [3.05, 3.63) is 35.4 Å². The van der Waals surface area contributed by atoms with Gasteiger partial charge in [0.05, 0.1) is 25.1 Å². The number of nitrogens with zero attached hydrogens (tertiary/aromatic N) is 1. The van der Waals surface area contributed by atoms with Crippen molar-refractivity contribution in [1.82, 2.24) is 4.90 Å². The van der Waals surface area contributed by atoms with Gasteiger partial charge in [-0.2, -0.15) is 8.78 Å². The van der Waals surface area contributed by atoms with Gasteiger partial charge in [0, 0.05) is 0 Å². The van der Waals surface area contributed by atoms with Crippen molar-refractivity contribution >= 4 is 5.91 Å². The standard InChI is InChI=1S/C16H17F4NO2/c17-15(18)16(19,20)9-23-8-7-14(22)21-12-5-6-13(21)11-4-2-1-3-10(11)12/h1-4,12-13,15H,5-9H2/t12-,13-/m0/s1. The van der Waals surface area contributed by atoms with Gasteiger partial charge in [-0.25, -0.2) is 8.78 Å². The molecule has 2 bridgehead atoms. The summed E-state index contributed by atoms with van der Waals surface area (Å²) in [5, 5.41) is 0. The third-order valence-electron chi connectivity index (χ3n) is 4.46. The topological polar surface area (TPSA) is 29.5 Å². The highest BCUT2D eigenvalue weighted by Crippen LogP contribution is 2.52. The van der Waals surface area contributed by atoms with E-state index >= 15 is 0 Å². The predicted octanol–water partition coefficient (Wildman–Crippen LogP) is 3.71. The first-order valence-corrected chi connectivity index (χ1v) is 7.55. The zero-order valence-corrected chi connectivity index (χ0v) is 12.4. The van der Waals surface area contributed by atoms with E-state index in [9.17, 15) is 22.4 Å². The first-order chi connectivity index (χ1) is 10.9. The van der Waals surface area contributed by atoms with Crippen LogP contribution in [-0.2, 0) is 9.53 Å². The summed E-state index contributed by atoms with van der Waals surface area (Å²) in [5.41, 5.74) is 2.28. The second kappa shape index (κ2) is 6.11. The Morgan fingerprint density at radius 1 is 1.22 bits per heavy atom. The molecule has 126 valence electrons. The van der Waals surface area contributed by atoms with Crippen LogP contribution in [-0.4, -0.2) is 36.4 Å². The van der Waals surface area contributed by atoms with Crippen LogP contribution in [0.5, 0.6) is 0 Å². The Kier molecular flexibility index (Phi) is 4.31. The van der Waals surface area contributed by atoms with Gasteiger partial charge in [0.25, 0.3) is 0 Å². The molecule has 3 rings (SSSR count). The number of amides is 1. The lowest BCUT2D eigenvalue weighted by atomic mass is 9.92. The molecule has 1 fully saturated rings. The summed E-state index contributed by atoms with van der Waals surface area (Å²) in [5.74, 6) is -4.36. The Balaban J connectivity index is 1.53. The number of fused-ring (bicyclic) bond motifs is 5. The molecular weight excluding hydrogens is 314 g/mol. The maximum Gasteiger partial charge on any atom is 0.330 e. The second-order valence-electron chi connectivity index (χ2n) is 5.90. The van der Waals surface area contributed by atoms with Crippen LogP contribution in [0.2, 0.25) is 0 Å². The van der Waals surface area contributed by atoms with Gasteiger partial charge in [0.2, 0.25) is 5.91 Å². The second-order valence-corrected chi connectivity index (χ2v) is 5.90. The maximum absolute atomic E-state index is 12.7. The van der Waals surface area contributed by atoms with Gasteiger partial charge in [-0.1, -0.05) is 24.3 Å². The summed E-state index contributed by atoms with van der Waals surface area (Å²) in [6, 6.07) is 7.92. The van der Waals surface area contributed by atoms with Crippen LogP contribution in [0.15, 0.2) is 24.3 Å². The average molecular weight is 331 g/mol. The molecule has 1 aromatic carbocycles. The van der Waals surface area contributed by atoms with Crippen molar-refractivity contribution in [3.8, 4) is 0 Å². The monoisotopic (exact) mass is 331 g/mol. The summed E-state index contributed by atoms with van der Waals surface area (Å²) in [7, 11) is 0. The lowest BCUT2D eigenvalue weighted by Crippen LogP contribution is -2.33. The summed E-state index contributed by atoms with van der Waals surface area (Å²) >= 11 is 0. The fraction of sp³-hybridized carbons (Fsp3) is 0.562. The summed E-state index contributed by atoms with van der Waals surface area (Å²) in [6.07, 6.45) is -2.07. The molecule has 2 aliphatic rings. The van der Waals surface area contributed by atoms with E-state index in [1.807, 2.05) is 24.3 Å². The first kappa shape index (κ1) is 16.2. The zero-order valence-electron chi connectivity index (χ0n) is 12.4. The van der Waals surface area contributed by atoms with E-state index in [4.69, 9.17) is 0 Å². The average Bonchev–Trinajstić information content (AvgIpc) is 3.08. The number of carbonyl (C=O) groups is 1. The largest absolute Gasteiger partial charge is 0.374 e. The molecule has 2 atom stereocenters. The molecule has 0 radical (unpaired) electrons. The molecule has 1 amide bonds. The van der Waals surface area contributed by atoms with E-state index in [0.717, 1.165) is 24.0 Å². The number of alkyl halides is 4. The Bertz CT molecular complexity index is 562. The Labute approximate surface area is 131 Å². The highest BCUT2D eigenvalue weighted by atomic mass is 19.3. The van der Waals surface area contributed by atoms with Crippen LogP contribution in [0.4, 0.5) is 17.6 Å². The fourth-order valence-electron chi connectivity index (χ4n) is 3.45. The van der Waals surface area contributed by atoms with Crippen molar-refractivity contribution in [2.24, 2.45) is 0 Å². The SMILES string of the molecule is O=C(CCOCC(F)(F)C(F)F)N1[C@H]2CC[C@H]1c1ccccc12. The van der Waals surface area contributed by atoms with Crippen LogP contribution in [0.25, 0.3) is 0 Å². The molecule has 0 unspecified atom stereocenters. The fourth-order valence-corrected chi connectivity index (χ4v) is 3.45. The van der Waals surface area contributed by atoms with Gasteiger partial charge in [0.1, 0.15) is 6.61 Å². The van der Waals surface area contributed by atoms with Crippen LogP contribution in [0, 0.1) is 0 Å². The number of benzene rings is 1. The number of ether oxygens (including phenoxy) is 1. The molecule has 0 aromatic heterocycles. The smallest absolute Gasteiger partial charge is 0.330 e. The molecule has 23 heavy (non-hydrogen) atoms. The van der Waals surface area contributed by atoms with Gasteiger partial charge in [-0.3, -0.25) is 4.79 Å².